The molecule has 0 spiro atoms. The molecule has 0 aliphatic rings. The van der Waals surface area contributed by atoms with Crippen LogP contribution in [0.15, 0.2) is 12.3 Å². The molecular weight excluding hydrogens is 160 g/mol. The smallest absolute Gasteiger partial charge is 0.132 e. The van der Waals surface area contributed by atoms with Crippen LogP contribution in [-0.2, 0) is 0 Å². The number of anilines is 1. The van der Waals surface area contributed by atoms with Gasteiger partial charge in [-0.15, -0.1) is 0 Å². The first-order valence-corrected chi connectivity index (χ1v) is 3.78. The summed E-state index contributed by atoms with van der Waals surface area (Å²) in [6.45, 7) is 1.95. The molecule has 1 aromatic heterocycles. The molecular formula is C8H11ClN2. The molecule has 1 heterocycles. The topological polar surface area (TPSA) is 16.1 Å². The van der Waals surface area contributed by atoms with Crippen molar-refractivity contribution in [2.24, 2.45) is 0 Å². The molecule has 0 saturated heterocycles. The van der Waals surface area contributed by atoms with Crippen LogP contribution in [0.3, 0.4) is 0 Å². The average Bonchev–Trinajstić information content (AvgIpc) is 1.94. The molecule has 2 nitrogen and oxygen atoms in total. The van der Waals surface area contributed by atoms with E-state index in [0.717, 1.165) is 11.3 Å². The van der Waals surface area contributed by atoms with E-state index in [0.29, 0.717) is 5.15 Å². The van der Waals surface area contributed by atoms with Crippen LogP contribution < -0.4 is 4.90 Å². The minimum absolute atomic E-state index is 0.579. The van der Waals surface area contributed by atoms with Crippen molar-refractivity contribution in [3.8, 4) is 0 Å². The summed E-state index contributed by atoms with van der Waals surface area (Å²) in [5, 5.41) is 0.579. The second-order valence-corrected chi connectivity index (χ2v) is 3.05. The Morgan fingerprint density at radius 2 is 2.09 bits per heavy atom. The SMILES string of the molecule is Cc1cc(N(C)C)cnc1Cl. The van der Waals surface area contributed by atoms with E-state index in [1.807, 2.05) is 32.0 Å². The fourth-order valence-corrected chi connectivity index (χ4v) is 0.891. The monoisotopic (exact) mass is 170 g/mol. The zero-order valence-electron chi connectivity index (χ0n) is 6.93. The molecule has 0 atom stereocenters. The molecule has 1 aromatic rings. The molecule has 11 heavy (non-hydrogen) atoms. The lowest BCUT2D eigenvalue weighted by atomic mass is 10.3. The van der Waals surface area contributed by atoms with Gasteiger partial charge in [0.2, 0.25) is 0 Å². The molecule has 0 N–H and O–H groups in total. The van der Waals surface area contributed by atoms with Gasteiger partial charge in [0.05, 0.1) is 11.9 Å². The van der Waals surface area contributed by atoms with Crippen LogP contribution in [-0.4, -0.2) is 19.1 Å². The van der Waals surface area contributed by atoms with E-state index in [1.165, 1.54) is 0 Å². The zero-order valence-corrected chi connectivity index (χ0v) is 7.68. The lowest BCUT2D eigenvalue weighted by Gasteiger charge is -2.12. The van der Waals surface area contributed by atoms with E-state index in [-0.39, 0.29) is 0 Å². The lowest BCUT2D eigenvalue weighted by molar-refractivity contribution is 1.10. The first kappa shape index (κ1) is 8.34. The summed E-state index contributed by atoms with van der Waals surface area (Å²) in [5.74, 6) is 0. The molecule has 0 aliphatic heterocycles. The molecule has 0 unspecified atom stereocenters. The number of hydrogen-bond donors (Lipinski definition) is 0. The first-order valence-electron chi connectivity index (χ1n) is 3.40. The Bertz CT molecular complexity index is 258. The summed E-state index contributed by atoms with van der Waals surface area (Å²) >= 11 is 5.76. The third-order valence-electron chi connectivity index (χ3n) is 1.52. The number of rotatable bonds is 1. The van der Waals surface area contributed by atoms with Gasteiger partial charge in [0.15, 0.2) is 0 Å². The van der Waals surface area contributed by atoms with Crippen LogP contribution in [0.25, 0.3) is 0 Å². The molecule has 3 heteroatoms. The molecule has 0 aliphatic carbocycles. The van der Waals surface area contributed by atoms with Crippen molar-refractivity contribution in [1.29, 1.82) is 0 Å². The maximum Gasteiger partial charge on any atom is 0.132 e. The van der Waals surface area contributed by atoms with Gasteiger partial charge in [-0.3, -0.25) is 0 Å². The number of pyridine rings is 1. The van der Waals surface area contributed by atoms with Gasteiger partial charge in [-0.1, -0.05) is 11.6 Å². The summed E-state index contributed by atoms with van der Waals surface area (Å²) in [7, 11) is 3.95. The second-order valence-electron chi connectivity index (χ2n) is 2.70. The van der Waals surface area contributed by atoms with Gasteiger partial charge in [-0.2, -0.15) is 0 Å². The number of nitrogens with zero attached hydrogens (tertiary/aromatic N) is 2. The Morgan fingerprint density at radius 3 is 2.55 bits per heavy atom. The van der Waals surface area contributed by atoms with Crippen molar-refractivity contribution >= 4 is 17.3 Å². The standard InChI is InChI=1S/C8H11ClN2/c1-6-4-7(11(2)3)5-10-8(6)9/h4-5H,1-3H3. The molecule has 60 valence electrons. The summed E-state index contributed by atoms with van der Waals surface area (Å²) in [5.41, 5.74) is 2.09. The fraction of sp³-hybridized carbons (Fsp3) is 0.375. The molecule has 0 aromatic carbocycles. The normalized spacial score (nSPS) is 9.82. The molecule has 0 saturated carbocycles. The van der Waals surface area contributed by atoms with Crippen LogP contribution in [0.4, 0.5) is 5.69 Å². The highest BCUT2D eigenvalue weighted by Gasteiger charge is 1.99. The van der Waals surface area contributed by atoms with Crippen LogP contribution in [0.5, 0.6) is 0 Å². The predicted molar refractivity (Wildman–Crippen MR) is 48.3 cm³/mol. The lowest BCUT2D eigenvalue weighted by Crippen LogP contribution is -2.09. The Balaban J connectivity index is 3.05. The third kappa shape index (κ3) is 1.84. The Morgan fingerprint density at radius 1 is 1.45 bits per heavy atom. The first-order chi connectivity index (χ1) is 5.11. The molecule has 1 rings (SSSR count). The number of hydrogen-bond acceptors (Lipinski definition) is 2. The van der Waals surface area contributed by atoms with Gasteiger partial charge < -0.3 is 4.90 Å². The van der Waals surface area contributed by atoms with E-state index < -0.39 is 0 Å². The van der Waals surface area contributed by atoms with Gasteiger partial charge >= 0.3 is 0 Å². The number of aromatic nitrogens is 1. The Labute approximate surface area is 71.8 Å². The third-order valence-corrected chi connectivity index (χ3v) is 1.91. The maximum absolute atomic E-state index is 5.76. The second kappa shape index (κ2) is 3.09. The Kier molecular flexibility index (Phi) is 2.35. The molecule has 0 bridgehead atoms. The quantitative estimate of drug-likeness (QED) is 0.601. The molecule has 0 radical (unpaired) electrons. The van der Waals surface area contributed by atoms with Crippen molar-refractivity contribution < 1.29 is 0 Å². The van der Waals surface area contributed by atoms with Gasteiger partial charge in [-0.25, -0.2) is 4.98 Å². The van der Waals surface area contributed by atoms with Crippen molar-refractivity contribution in [3.05, 3.63) is 23.0 Å². The van der Waals surface area contributed by atoms with Crippen molar-refractivity contribution in [3.63, 3.8) is 0 Å². The number of aryl methyl sites for hydroxylation is 1. The van der Waals surface area contributed by atoms with Crippen LogP contribution in [0.1, 0.15) is 5.56 Å². The highest BCUT2D eigenvalue weighted by molar-refractivity contribution is 6.30. The van der Waals surface area contributed by atoms with E-state index >= 15 is 0 Å². The summed E-state index contributed by atoms with van der Waals surface area (Å²) in [6.07, 6.45) is 1.76. The van der Waals surface area contributed by atoms with Crippen LogP contribution in [0.2, 0.25) is 5.15 Å². The fourth-order valence-electron chi connectivity index (χ4n) is 0.788. The summed E-state index contributed by atoms with van der Waals surface area (Å²) in [6, 6.07) is 2.01. The predicted octanol–water partition coefficient (Wildman–Crippen LogP) is 2.11. The van der Waals surface area contributed by atoms with E-state index in [9.17, 15) is 0 Å². The minimum atomic E-state index is 0.579. The van der Waals surface area contributed by atoms with Crippen LogP contribution >= 0.6 is 11.6 Å². The highest BCUT2D eigenvalue weighted by atomic mass is 35.5. The van der Waals surface area contributed by atoms with Gasteiger partial charge in [-0.05, 0) is 18.6 Å². The highest BCUT2D eigenvalue weighted by Crippen LogP contribution is 2.17. The number of halogens is 1. The largest absolute Gasteiger partial charge is 0.376 e. The molecule has 0 amide bonds. The van der Waals surface area contributed by atoms with Gasteiger partial charge in [0, 0.05) is 14.1 Å². The van der Waals surface area contributed by atoms with Crippen LogP contribution in [0, 0.1) is 6.92 Å². The van der Waals surface area contributed by atoms with Gasteiger partial charge in [0.1, 0.15) is 5.15 Å². The van der Waals surface area contributed by atoms with E-state index in [2.05, 4.69) is 4.98 Å². The Hall–Kier alpha value is -0.760. The van der Waals surface area contributed by atoms with Crippen molar-refractivity contribution in [2.45, 2.75) is 6.92 Å². The summed E-state index contributed by atoms with van der Waals surface area (Å²) in [4.78, 5) is 6.02. The van der Waals surface area contributed by atoms with E-state index in [4.69, 9.17) is 11.6 Å². The van der Waals surface area contributed by atoms with E-state index in [1.54, 1.807) is 6.20 Å². The summed E-state index contributed by atoms with van der Waals surface area (Å²) < 4.78 is 0. The maximum atomic E-state index is 5.76. The average molecular weight is 171 g/mol. The van der Waals surface area contributed by atoms with Gasteiger partial charge in [0.25, 0.3) is 0 Å². The van der Waals surface area contributed by atoms with Crippen molar-refractivity contribution in [1.82, 2.24) is 4.98 Å². The van der Waals surface area contributed by atoms with Crippen molar-refractivity contribution in [2.75, 3.05) is 19.0 Å². The minimum Gasteiger partial charge on any atom is -0.376 e. The zero-order chi connectivity index (χ0) is 8.43. The molecule has 0 fully saturated rings.